The number of carbonyl (C=O) groups excluding carboxylic acids is 2. The van der Waals surface area contributed by atoms with Gasteiger partial charge in [0.1, 0.15) is 0 Å². The van der Waals surface area contributed by atoms with Gasteiger partial charge in [-0.05, 0) is 34.9 Å². The summed E-state index contributed by atoms with van der Waals surface area (Å²) in [6.07, 6.45) is 0.690. The van der Waals surface area contributed by atoms with Crippen LogP contribution in [0.15, 0.2) is 72.8 Å². The second-order valence-corrected chi connectivity index (χ2v) is 5.51. The molecule has 4 heteroatoms. The third-order valence-corrected chi connectivity index (χ3v) is 3.76. The summed E-state index contributed by atoms with van der Waals surface area (Å²) in [5.41, 5.74) is 1.73. The van der Waals surface area contributed by atoms with Crippen molar-refractivity contribution in [3.05, 3.63) is 78.4 Å². The summed E-state index contributed by atoms with van der Waals surface area (Å²) in [7, 11) is 0. The van der Waals surface area contributed by atoms with Gasteiger partial charge in [-0.25, -0.2) is 0 Å². The molecule has 4 nitrogen and oxygen atoms in total. The van der Waals surface area contributed by atoms with Crippen molar-refractivity contribution in [2.45, 2.75) is 6.42 Å². The molecule has 0 bridgehead atoms. The number of amides is 2. The van der Waals surface area contributed by atoms with Crippen LogP contribution < -0.4 is 10.6 Å². The summed E-state index contributed by atoms with van der Waals surface area (Å²) in [6, 6.07) is 23.2. The van der Waals surface area contributed by atoms with Crippen molar-refractivity contribution in [3.63, 3.8) is 0 Å². The summed E-state index contributed by atoms with van der Waals surface area (Å²) in [6.45, 7) is 0.425. The third-order valence-electron chi connectivity index (χ3n) is 3.76. The fraction of sp³-hybridized carbons (Fsp3) is 0.100. The van der Waals surface area contributed by atoms with Crippen molar-refractivity contribution in [2.75, 3.05) is 11.9 Å². The zero-order chi connectivity index (χ0) is 16.8. The predicted molar refractivity (Wildman–Crippen MR) is 95.7 cm³/mol. The first-order valence-corrected chi connectivity index (χ1v) is 7.84. The molecule has 0 saturated heterocycles. The van der Waals surface area contributed by atoms with E-state index in [4.69, 9.17) is 0 Å². The Morgan fingerprint density at radius 3 is 2.25 bits per heavy atom. The Kier molecular flexibility index (Phi) is 4.87. The molecule has 2 amide bonds. The van der Waals surface area contributed by atoms with E-state index in [-0.39, 0.29) is 0 Å². The van der Waals surface area contributed by atoms with E-state index in [0.29, 0.717) is 18.7 Å². The van der Waals surface area contributed by atoms with Crippen LogP contribution in [-0.4, -0.2) is 18.4 Å². The smallest absolute Gasteiger partial charge is 0.313 e. The van der Waals surface area contributed by atoms with E-state index in [2.05, 4.69) is 10.6 Å². The van der Waals surface area contributed by atoms with E-state index in [1.165, 1.54) is 0 Å². The summed E-state index contributed by atoms with van der Waals surface area (Å²) in [5, 5.41) is 7.37. The first-order chi connectivity index (χ1) is 11.7. The SMILES string of the molecule is O=C(NCCc1ccccc1)C(=O)Nc1ccc2ccccc2c1. The molecule has 0 aliphatic heterocycles. The Hall–Kier alpha value is -3.14. The van der Waals surface area contributed by atoms with Crippen LogP contribution in [0.3, 0.4) is 0 Å². The fourth-order valence-corrected chi connectivity index (χ4v) is 2.50. The molecule has 3 rings (SSSR count). The van der Waals surface area contributed by atoms with Crippen molar-refractivity contribution in [2.24, 2.45) is 0 Å². The second kappa shape index (κ2) is 7.42. The monoisotopic (exact) mass is 318 g/mol. The van der Waals surface area contributed by atoms with Gasteiger partial charge in [-0.3, -0.25) is 9.59 Å². The lowest BCUT2D eigenvalue weighted by Crippen LogP contribution is -2.36. The van der Waals surface area contributed by atoms with Crippen molar-refractivity contribution in [1.82, 2.24) is 5.32 Å². The maximum Gasteiger partial charge on any atom is 0.313 e. The molecule has 0 aliphatic rings. The van der Waals surface area contributed by atoms with Gasteiger partial charge in [0.15, 0.2) is 0 Å². The number of fused-ring (bicyclic) bond motifs is 1. The van der Waals surface area contributed by atoms with E-state index >= 15 is 0 Å². The van der Waals surface area contributed by atoms with Crippen molar-refractivity contribution < 1.29 is 9.59 Å². The first kappa shape index (κ1) is 15.7. The number of carbonyl (C=O) groups is 2. The van der Waals surface area contributed by atoms with Crippen LogP contribution in [0.2, 0.25) is 0 Å². The molecule has 0 saturated carbocycles. The van der Waals surface area contributed by atoms with Gasteiger partial charge in [0, 0.05) is 12.2 Å². The Labute approximate surface area is 140 Å². The molecule has 3 aromatic carbocycles. The molecule has 0 radical (unpaired) electrons. The van der Waals surface area contributed by atoms with Gasteiger partial charge in [0.25, 0.3) is 0 Å². The fourth-order valence-electron chi connectivity index (χ4n) is 2.50. The Morgan fingerprint density at radius 1 is 0.750 bits per heavy atom. The average molecular weight is 318 g/mol. The standard InChI is InChI=1S/C20H18N2O2/c23-19(21-13-12-15-6-2-1-3-7-15)20(24)22-18-11-10-16-8-4-5-9-17(16)14-18/h1-11,14H,12-13H2,(H,21,23)(H,22,24). The highest BCUT2D eigenvalue weighted by molar-refractivity contribution is 6.39. The number of anilines is 1. The molecule has 0 atom stereocenters. The zero-order valence-electron chi connectivity index (χ0n) is 13.2. The zero-order valence-corrected chi connectivity index (χ0v) is 13.2. The highest BCUT2D eigenvalue weighted by Gasteiger charge is 2.13. The quantitative estimate of drug-likeness (QED) is 0.726. The minimum absolute atomic E-state index is 0.425. The van der Waals surface area contributed by atoms with Gasteiger partial charge < -0.3 is 10.6 Å². The van der Waals surface area contributed by atoms with Gasteiger partial charge in [-0.1, -0.05) is 60.7 Å². The number of hydrogen-bond donors (Lipinski definition) is 2. The summed E-state index contributed by atoms with van der Waals surface area (Å²) < 4.78 is 0. The number of rotatable bonds is 4. The van der Waals surface area contributed by atoms with Gasteiger partial charge in [0.2, 0.25) is 0 Å². The molecular formula is C20H18N2O2. The van der Waals surface area contributed by atoms with Crippen LogP contribution >= 0.6 is 0 Å². The summed E-state index contributed by atoms with van der Waals surface area (Å²) >= 11 is 0. The van der Waals surface area contributed by atoms with Crippen LogP contribution in [0.5, 0.6) is 0 Å². The summed E-state index contributed by atoms with van der Waals surface area (Å²) in [4.78, 5) is 23.8. The molecule has 2 N–H and O–H groups in total. The van der Waals surface area contributed by atoms with Gasteiger partial charge in [0.05, 0.1) is 0 Å². The number of benzene rings is 3. The third kappa shape index (κ3) is 3.98. The molecule has 24 heavy (non-hydrogen) atoms. The highest BCUT2D eigenvalue weighted by atomic mass is 16.2. The molecule has 0 fully saturated rings. The first-order valence-electron chi connectivity index (χ1n) is 7.84. The van der Waals surface area contributed by atoms with Crippen LogP contribution in [0, 0.1) is 0 Å². The molecule has 0 aliphatic carbocycles. The molecule has 3 aromatic rings. The maximum atomic E-state index is 12.0. The molecule has 120 valence electrons. The highest BCUT2D eigenvalue weighted by Crippen LogP contribution is 2.18. The largest absolute Gasteiger partial charge is 0.347 e. The number of hydrogen-bond acceptors (Lipinski definition) is 2. The minimum atomic E-state index is -0.654. The van der Waals surface area contributed by atoms with Crippen molar-refractivity contribution in [3.8, 4) is 0 Å². The van der Waals surface area contributed by atoms with Crippen molar-refractivity contribution >= 4 is 28.3 Å². The van der Waals surface area contributed by atoms with Crippen LogP contribution in [0.4, 0.5) is 5.69 Å². The lowest BCUT2D eigenvalue weighted by molar-refractivity contribution is -0.136. The Bertz CT molecular complexity index is 860. The lowest BCUT2D eigenvalue weighted by atomic mass is 10.1. The van der Waals surface area contributed by atoms with E-state index in [1.807, 2.05) is 66.7 Å². The molecule has 0 heterocycles. The Morgan fingerprint density at radius 2 is 1.46 bits per heavy atom. The maximum absolute atomic E-state index is 12.0. The van der Waals surface area contributed by atoms with Crippen LogP contribution in [-0.2, 0) is 16.0 Å². The average Bonchev–Trinajstić information content (AvgIpc) is 2.62. The van der Waals surface area contributed by atoms with Gasteiger partial charge >= 0.3 is 11.8 Å². The van der Waals surface area contributed by atoms with E-state index in [9.17, 15) is 9.59 Å². The van der Waals surface area contributed by atoms with E-state index in [0.717, 1.165) is 16.3 Å². The van der Waals surface area contributed by atoms with E-state index in [1.54, 1.807) is 6.07 Å². The molecular weight excluding hydrogens is 300 g/mol. The lowest BCUT2D eigenvalue weighted by Gasteiger charge is -2.07. The normalized spacial score (nSPS) is 10.3. The van der Waals surface area contributed by atoms with Crippen LogP contribution in [0.1, 0.15) is 5.56 Å². The molecule has 0 spiro atoms. The predicted octanol–water partition coefficient (Wildman–Crippen LogP) is 3.14. The minimum Gasteiger partial charge on any atom is -0.347 e. The van der Waals surface area contributed by atoms with Crippen molar-refractivity contribution in [1.29, 1.82) is 0 Å². The van der Waals surface area contributed by atoms with Gasteiger partial charge in [-0.2, -0.15) is 0 Å². The Balaban J connectivity index is 1.54. The topological polar surface area (TPSA) is 58.2 Å². The molecule has 0 unspecified atom stereocenters. The van der Waals surface area contributed by atoms with E-state index < -0.39 is 11.8 Å². The molecule has 0 aromatic heterocycles. The summed E-state index contributed by atoms with van der Waals surface area (Å²) in [5.74, 6) is -1.28. The second-order valence-electron chi connectivity index (χ2n) is 5.51. The van der Waals surface area contributed by atoms with Crippen LogP contribution in [0.25, 0.3) is 10.8 Å². The van der Waals surface area contributed by atoms with Gasteiger partial charge in [-0.15, -0.1) is 0 Å². The number of nitrogens with one attached hydrogen (secondary N) is 2.